The molecule has 0 aromatic heterocycles. The molecule has 1 unspecified atom stereocenters. The molecule has 1 aromatic rings. The smallest absolute Gasteiger partial charge is 0.138 e. The quantitative estimate of drug-likeness (QED) is 0.840. The molecule has 0 aliphatic carbocycles. The maximum atomic E-state index is 9.07. The van der Waals surface area contributed by atoms with Crippen molar-refractivity contribution in [1.82, 2.24) is 5.32 Å². The SMILES string of the molecule is CCC(CO)NCc1cc(Cl)c(OC)cc1Cl. The lowest BCUT2D eigenvalue weighted by atomic mass is 10.2. The van der Waals surface area contributed by atoms with Gasteiger partial charge in [0.25, 0.3) is 0 Å². The molecule has 3 nitrogen and oxygen atoms in total. The maximum absolute atomic E-state index is 9.07. The number of rotatable bonds is 6. The van der Waals surface area contributed by atoms with Crippen molar-refractivity contribution in [2.75, 3.05) is 13.7 Å². The minimum Gasteiger partial charge on any atom is -0.495 e. The molecule has 1 aromatic carbocycles. The van der Waals surface area contributed by atoms with E-state index in [1.54, 1.807) is 19.2 Å². The van der Waals surface area contributed by atoms with Crippen molar-refractivity contribution >= 4 is 23.2 Å². The van der Waals surface area contributed by atoms with Crippen molar-refractivity contribution in [3.63, 3.8) is 0 Å². The van der Waals surface area contributed by atoms with E-state index in [0.717, 1.165) is 12.0 Å². The van der Waals surface area contributed by atoms with Crippen LogP contribution in [0.1, 0.15) is 18.9 Å². The van der Waals surface area contributed by atoms with Crippen LogP contribution < -0.4 is 10.1 Å². The van der Waals surface area contributed by atoms with Gasteiger partial charge in [-0.15, -0.1) is 0 Å². The molecule has 1 atom stereocenters. The van der Waals surface area contributed by atoms with E-state index in [1.165, 1.54) is 0 Å². The molecule has 0 aliphatic heterocycles. The van der Waals surface area contributed by atoms with Gasteiger partial charge in [-0.1, -0.05) is 30.1 Å². The molecule has 0 amide bonds. The van der Waals surface area contributed by atoms with Crippen LogP contribution >= 0.6 is 23.2 Å². The lowest BCUT2D eigenvalue weighted by Gasteiger charge is -2.15. The summed E-state index contributed by atoms with van der Waals surface area (Å²) in [5.74, 6) is 0.564. The highest BCUT2D eigenvalue weighted by molar-refractivity contribution is 6.34. The highest BCUT2D eigenvalue weighted by atomic mass is 35.5. The summed E-state index contributed by atoms with van der Waals surface area (Å²) < 4.78 is 5.07. The third-order valence-corrected chi connectivity index (χ3v) is 3.26. The highest BCUT2D eigenvalue weighted by Gasteiger charge is 2.09. The zero-order valence-corrected chi connectivity index (χ0v) is 11.5. The van der Waals surface area contributed by atoms with Gasteiger partial charge in [0.2, 0.25) is 0 Å². The van der Waals surface area contributed by atoms with E-state index in [1.807, 2.05) is 6.92 Å². The van der Waals surface area contributed by atoms with E-state index in [9.17, 15) is 0 Å². The number of methoxy groups -OCH3 is 1. The first-order valence-electron chi connectivity index (χ1n) is 5.48. The first-order valence-corrected chi connectivity index (χ1v) is 6.24. The summed E-state index contributed by atoms with van der Waals surface area (Å²) in [6, 6.07) is 3.55. The predicted molar refractivity (Wildman–Crippen MR) is 71.0 cm³/mol. The van der Waals surface area contributed by atoms with Crippen molar-refractivity contribution < 1.29 is 9.84 Å². The normalized spacial score (nSPS) is 12.5. The van der Waals surface area contributed by atoms with E-state index in [4.69, 9.17) is 33.0 Å². The molecule has 0 saturated carbocycles. The van der Waals surface area contributed by atoms with Gasteiger partial charge in [-0.05, 0) is 18.1 Å². The van der Waals surface area contributed by atoms with Gasteiger partial charge in [-0.25, -0.2) is 0 Å². The van der Waals surface area contributed by atoms with Crippen LogP contribution in [0.5, 0.6) is 5.75 Å². The summed E-state index contributed by atoms with van der Waals surface area (Å²) in [4.78, 5) is 0. The van der Waals surface area contributed by atoms with Crippen molar-refractivity contribution in [2.45, 2.75) is 25.9 Å². The molecule has 1 rings (SSSR count). The molecule has 0 fully saturated rings. The Hall–Kier alpha value is -0.480. The van der Waals surface area contributed by atoms with Gasteiger partial charge in [0.15, 0.2) is 0 Å². The molecule has 0 radical (unpaired) electrons. The van der Waals surface area contributed by atoms with Crippen LogP contribution in [-0.4, -0.2) is 24.9 Å². The molecular formula is C12H17Cl2NO2. The minimum atomic E-state index is 0.0759. The van der Waals surface area contributed by atoms with E-state index >= 15 is 0 Å². The van der Waals surface area contributed by atoms with Gasteiger partial charge < -0.3 is 15.2 Å². The Labute approximate surface area is 112 Å². The van der Waals surface area contributed by atoms with Gasteiger partial charge in [0.05, 0.1) is 18.7 Å². The van der Waals surface area contributed by atoms with Crippen molar-refractivity contribution in [3.05, 3.63) is 27.7 Å². The molecule has 0 aliphatic rings. The fraction of sp³-hybridized carbons (Fsp3) is 0.500. The first kappa shape index (κ1) is 14.6. The summed E-state index contributed by atoms with van der Waals surface area (Å²) >= 11 is 12.1. The van der Waals surface area contributed by atoms with Gasteiger partial charge in [0.1, 0.15) is 5.75 Å². The van der Waals surface area contributed by atoms with E-state index < -0.39 is 0 Å². The Morgan fingerprint density at radius 3 is 2.59 bits per heavy atom. The Morgan fingerprint density at radius 1 is 1.35 bits per heavy atom. The highest BCUT2D eigenvalue weighted by Crippen LogP contribution is 2.30. The molecule has 5 heteroatoms. The number of nitrogens with one attached hydrogen (secondary N) is 1. The van der Waals surface area contributed by atoms with Gasteiger partial charge in [-0.3, -0.25) is 0 Å². The molecule has 0 bridgehead atoms. The zero-order valence-electron chi connectivity index (χ0n) is 9.96. The Balaban J connectivity index is 2.75. The fourth-order valence-corrected chi connectivity index (χ4v) is 1.94. The van der Waals surface area contributed by atoms with Crippen LogP contribution in [0.25, 0.3) is 0 Å². The number of hydrogen-bond donors (Lipinski definition) is 2. The molecule has 0 saturated heterocycles. The van der Waals surface area contributed by atoms with E-state index in [-0.39, 0.29) is 12.6 Å². The number of aliphatic hydroxyl groups excluding tert-OH is 1. The lowest BCUT2D eigenvalue weighted by molar-refractivity contribution is 0.238. The lowest BCUT2D eigenvalue weighted by Crippen LogP contribution is -2.31. The number of ether oxygens (including phenoxy) is 1. The molecular weight excluding hydrogens is 261 g/mol. The Kier molecular flexibility index (Phi) is 6.06. The standard InChI is InChI=1S/C12H17Cl2NO2/c1-3-9(7-16)15-6-8-4-11(14)12(17-2)5-10(8)13/h4-5,9,15-16H,3,6-7H2,1-2H3. The van der Waals surface area contributed by atoms with Crippen LogP contribution in [0.2, 0.25) is 10.0 Å². The van der Waals surface area contributed by atoms with E-state index in [0.29, 0.717) is 22.3 Å². The van der Waals surface area contributed by atoms with Crippen LogP contribution in [0.15, 0.2) is 12.1 Å². The number of aliphatic hydroxyl groups is 1. The third-order valence-electron chi connectivity index (χ3n) is 2.62. The minimum absolute atomic E-state index is 0.0759. The average molecular weight is 278 g/mol. The summed E-state index contributed by atoms with van der Waals surface area (Å²) in [7, 11) is 1.55. The van der Waals surface area contributed by atoms with Crippen molar-refractivity contribution in [3.8, 4) is 5.75 Å². The van der Waals surface area contributed by atoms with Crippen LogP contribution in [0.4, 0.5) is 0 Å². The zero-order chi connectivity index (χ0) is 12.8. The molecule has 96 valence electrons. The topological polar surface area (TPSA) is 41.5 Å². The molecule has 0 heterocycles. The number of halogens is 2. The van der Waals surface area contributed by atoms with Crippen molar-refractivity contribution in [1.29, 1.82) is 0 Å². The third kappa shape index (κ3) is 4.03. The van der Waals surface area contributed by atoms with Crippen LogP contribution in [0, 0.1) is 0 Å². The molecule has 17 heavy (non-hydrogen) atoms. The average Bonchev–Trinajstić information content (AvgIpc) is 2.34. The fourth-order valence-electron chi connectivity index (χ4n) is 1.45. The summed E-state index contributed by atoms with van der Waals surface area (Å²) in [5, 5.41) is 13.4. The first-order chi connectivity index (χ1) is 8.12. The molecule has 0 spiro atoms. The van der Waals surface area contributed by atoms with Gasteiger partial charge in [0, 0.05) is 23.7 Å². The monoisotopic (exact) mass is 277 g/mol. The maximum Gasteiger partial charge on any atom is 0.138 e. The number of hydrogen-bond acceptors (Lipinski definition) is 3. The van der Waals surface area contributed by atoms with Crippen molar-refractivity contribution in [2.24, 2.45) is 0 Å². The Morgan fingerprint density at radius 2 is 2.06 bits per heavy atom. The summed E-state index contributed by atoms with van der Waals surface area (Å²) in [6.07, 6.45) is 0.859. The van der Waals surface area contributed by atoms with Gasteiger partial charge in [-0.2, -0.15) is 0 Å². The summed E-state index contributed by atoms with van der Waals surface area (Å²) in [5.41, 5.74) is 0.893. The van der Waals surface area contributed by atoms with Crippen LogP contribution in [0.3, 0.4) is 0 Å². The predicted octanol–water partition coefficient (Wildman–Crippen LogP) is 2.86. The van der Waals surface area contributed by atoms with Gasteiger partial charge >= 0.3 is 0 Å². The summed E-state index contributed by atoms with van der Waals surface area (Å²) in [6.45, 7) is 2.69. The largest absolute Gasteiger partial charge is 0.495 e. The van der Waals surface area contributed by atoms with Crippen LogP contribution in [-0.2, 0) is 6.54 Å². The second kappa shape index (κ2) is 7.07. The molecule has 2 N–H and O–H groups in total. The van der Waals surface area contributed by atoms with E-state index in [2.05, 4.69) is 5.32 Å². The second-order valence-corrected chi connectivity index (χ2v) is 4.56. The second-order valence-electron chi connectivity index (χ2n) is 3.75. The Bertz CT molecular complexity index is 368. The number of benzene rings is 1.